The number of hydrogen-bond donors (Lipinski definition) is 2. The van der Waals surface area contributed by atoms with Crippen LogP contribution < -0.4 is 11.1 Å². The molecule has 7 heteroatoms. The summed E-state index contributed by atoms with van der Waals surface area (Å²) in [5.41, 5.74) is 10.8. The monoisotopic (exact) mass is 347 g/mol. The van der Waals surface area contributed by atoms with Crippen LogP contribution in [0, 0.1) is 0 Å². The fourth-order valence-electron chi connectivity index (χ4n) is 3.16. The van der Waals surface area contributed by atoms with Crippen LogP contribution in [0.2, 0.25) is 0 Å². The lowest BCUT2D eigenvalue weighted by Gasteiger charge is -2.14. The molecule has 0 fully saturated rings. The van der Waals surface area contributed by atoms with Gasteiger partial charge >= 0.3 is 0 Å². The predicted molar refractivity (Wildman–Crippen MR) is 98.5 cm³/mol. The molecule has 1 amide bonds. The van der Waals surface area contributed by atoms with Crippen molar-refractivity contribution in [2.24, 2.45) is 4.99 Å². The van der Waals surface area contributed by atoms with Crippen LogP contribution in [0.1, 0.15) is 29.7 Å². The minimum atomic E-state index is -0.242. The molecule has 7 nitrogen and oxygen atoms in total. The molecule has 4 rings (SSSR count). The Balaban J connectivity index is 1.74. The number of rotatable bonds is 4. The first kappa shape index (κ1) is 16.0. The first-order valence-corrected chi connectivity index (χ1v) is 8.24. The number of aliphatic imine (C=N–C) groups is 1. The summed E-state index contributed by atoms with van der Waals surface area (Å²) in [4.78, 5) is 16.2. The summed E-state index contributed by atoms with van der Waals surface area (Å²) >= 11 is 0. The zero-order valence-corrected chi connectivity index (χ0v) is 14.1. The highest BCUT2D eigenvalue weighted by atomic mass is 16.6. The van der Waals surface area contributed by atoms with Gasteiger partial charge in [-0.05, 0) is 46.1 Å². The molecule has 3 aromatic rings. The van der Waals surface area contributed by atoms with Gasteiger partial charge in [0.05, 0.1) is 11.4 Å². The van der Waals surface area contributed by atoms with Crippen molar-refractivity contribution in [3.05, 3.63) is 65.4 Å². The third-order valence-electron chi connectivity index (χ3n) is 4.33. The number of carbonyl (C=O) groups is 1. The summed E-state index contributed by atoms with van der Waals surface area (Å²) in [6.07, 6.45) is 0.725. The number of para-hydroxylation sites is 1. The number of nitrogen functional groups attached to an aromatic ring is 1. The van der Waals surface area contributed by atoms with Crippen LogP contribution in [-0.4, -0.2) is 21.9 Å². The maximum absolute atomic E-state index is 11.4. The fraction of sp³-hybridized carbons (Fsp3) is 0.158. The second kappa shape index (κ2) is 6.44. The normalized spacial score (nSPS) is 15.4. The molecule has 3 N–H and O–H groups in total. The quantitative estimate of drug-likeness (QED) is 0.705. The Labute approximate surface area is 149 Å². The highest BCUT2D eigenvalue weighted by molar-refractivity contribution is 6.12. The Hall–Kier alpha value is -3.48. The summed E-state index contributed by atoms with van der Waals surface area (Å²) in [6.45, 7) is 1.41. The van der Waals surface area contributed by atoms with E-state index in [4.69, 9.17) is 15.4 Å². The SMILES string of the molecule is CC(=O)Nc1nonc1C1=Nc2ccccc2C1Cc1ccc(N)cc1. The molecule has 26 heavy (non-hydrogen) atoms. The topological polar surface area (TPSA) is 106 Å². The van der Waals surface area contributed by atoms with Crippen molar-refractivity contribution in [2.75, 3.05) is 11.1 Å². The third kappa shape index (κ3) is 2.95. The van der Waals surface area contributed by atoms with Crippen LogP contribution in [0.5, 0.6) is 0 Å². The number of hydrogen-bond acceptors (Lipinski definition) is 6. The molecule has 1 aliphatic rings. The molecule has 0 saturated heterocycles. The van der Waals surface area contributed by atoms with Crippen LogP contribution in [0.25, 0.3) is 0 Å². The summed E-state index contributed by atoms with van der Waals surface area (Å²) < 4.78 is 4.86. The zero-order valence-electron chi connectivity index (χ0n) is 14.1. The molecule has 1 aromatic heterocycles. The van der Waals surface area contributed by atoms with Crippen LogP contribution in [-0.2, 0) is 11.2 Å². The van der Waals surface area contributed by atoms with Gasteiger partial charge in [0.2, 0.25) is 11.7 Å². The van der Waals surface area contributed by atoms with Gasteiger partial charge in [0, 0.05) is 18.5 Å². The van der Waals surface area contributed by atoms with E-state index < -0.39 is 0 Å². The molecule has 0 bridgehead atoms. The summed E-state index contributed by atoms with van der Waals surface area (Å²) in [5, 5.41) is 10.4. The number of nitrogens with two attached hydrogens (primary N) is 1. The average molecular weight is 347 g/mol. The Morgan fingerprint density at radius 2 is 1.92 bits per heavy atom. The maximum atomic E-state index is 11.4. The summed E-state index contributed by atoms with van der Waals surface area (Å²) in [5.74, 6) is 0.0220. The van der Waals surface area contributed by atoms with Gasteiger partial charge < -0.3 is 11.1 Å². The van der Waals surface area contributed by atoms with Crippen molar-refractivity contribution >= 4 is 28.8 Å². The van der Waals surface area contributed by atoms with E-state index in [-0.39, 0.29) is 17.6 Å². The van der Waals surface area contributed by atoms with Gasteiger partial charge in [-0.15, -0.1) is 0 Å². The predicted octanol–water partition coefficient (Wildman–Crippen LogP) is 3.07. The number of nitrogens with zero attached hydrogens (tertiary/aromatic N) is 3. The van der Waals surface area contributed by atoms with E-state index in [0.717, 1.165) is 34.6 Å². The Bertz CT molecular complexity index is 991. The van der Waals surface area contributed by atoms with Crippen LogP contribution in [0.15, 0.2) is 58.2 Å². The number of amides is 1. The molecular formula is C19H17N5O2. The van der Waals surface area contributed by atoms with E-state index in [1.54, 1.807) is 0 Å². The zero-order chi connectivity index (χ0) is 18.1. The lowest BCUT2D eigenvalue weighted by atomic mass is 9.88. The molecule has 2 heterocycles. The number of nitrogens with one attached hydrogen (secondary N) is 1. The van der Waals surface area contributed by atoms with E-state index in [9.17, 15) is 4.79 Å². The number of aromatic nitrogens is 2. The Kier molecular flexibility index (Phi) is 3.96. The van der Waals surface area contributed by atoms with E-state index >= 15 is 0 Å². The molecule has 1 aliphatic heterocycles. The number of carbonyl (C=O) groups excluding carboxylic acids is 1. The molecule has 0 saturated carbocycles. The van der Waals surface area contributed by atoms with Crippen molar-refractivity contribution in [3.63, 3.8) is 0 Å². The van der Waals surface area contributed by atoms with Crippen LogP contribution >= 0.6 is 0 Å². The van der Waals surface area contributed by atoms with E-state index in [2.05, 4.69) is 21.7 Å². The van der Waals surface area contributed by atoms with Gasteiger partial charge in [0.25, 0.3) is 0 Å². The van der Waals surface area contributed by atoms with E-state index in [1.165, 1.54) is 6.92 Å². The van der Waals surface area contributed by atoms with Crippen LogP contribution in [0.3, 0.4) is 0 Å². The Morgan fingerprint density at radius 1 is 1.15 bits per heavy atom. The summed E-state index contributed by atoms with van der Waals surface area (Å²) in [7, 11) is 0. The molecule has 1 atom stereocenters. The first-order chi connectivity index (χ1) is 12.6. The molecule has 0 aliphatic carbocycles. The smallest absolute Gasteiger partial charge is 0.222 e. The molecule has 0 spiro atoms. The second-order valence-electron chi connectivity index (χ2n) is 6.20. The van der Waals surface area contributed by atoms with Gasteiger partial charge in [-0.25, -0.2) is 9.62 Å². The summed E-state index contributed by atoms with van der Waals surface area (Å²) in [6, 6.07) is 15.7. The van der Waals surface area contributed by atoms with Gasteiger partial charge in [-0.2, -0.15) is 0 Å². The van der Waals surface area contributed by atoms with E-state index in [0.29, 0.717) is 5.69 Å². The van der Waals surface area contributed by atoms with Crippen molar-refractivity contribution in [1.29, 1.82) is 0 Å². The van der Waals surface area contributed by atoms with Crippen molar-refractivity contribution in [3.8, 4) is 0 Å². The number of anilines is 2. The molecule has 2 aromatic carbocycles. The van der Waals surface area contributed by atoms with Gasteiger partial charge in [0.1, 0.15) is 0 Å². The second-order valence-corrected chi connectivity index (χ2v) is 6.20. The average Bonchev–Trinajstić information content (AvgIpc) is 3.21. The van der Waals surface area contributed by atoms with Crippen molar-refractivity contribution < 1.29 is 9.42 Å². The number of fused-ring (bicyclic) bond motifs is 1. The lowest BCUT2D eigenvalue weighted by Crippen LogP contribution is -2.17. The molecular weight excluding hydrogens is 330 g/mol. The molecule has 130 valence electrons. The fourth-order valence-corrected chi connectivity index (χ4v) is 3.16. The van der Waals surface area contributed by atoms with Crippen molar-refractivity contribution in [1.82, 2.24) is 10.3 Å². The van der Waals surface area contributed by atoms with E-state index in [1.807, 2.05) is 42.5 Å². The third-order valence-corrected chi connectivity index (χ3v) is 4.33. The highest BCUT2D eigenvalue weighted by Gasteiger charge is 2.32. The standard InChI is InChI=1S/C19H17N5O2/c1-11(25)21-19-18(23-26-24-19)17-15(10-12-6-8-13(20)9-7-12)14-4-2-3-5-16(14)22-17/h2-9,15H,10,20H2,1H3,(H,21,24,25). The maximum Gasteiger partial charge on any atom is 0.222 e. The highest BCUT2D eigenvalue weighted by Crippen LogP contribution is 2.40. The Morgan fingerprint density at radius 3 is 2.69 bits per heavy atom. The van der Waals surface area contributed by atoms with Gasteiger partial charge in [-0.1, -0.05) is 30.3 Å². The number of benzene rings is 2. The van der Waals surface area contributed by atoms with Crippen molar-refractivity contribution in [2.45, 2.75) is 19.3 Å². The molecule has 0 radical (unpaired) electrons. The van der Waals surface area contributed by atoms with Gasteiger partial charge in [-0.3, -0.25) is 4.79 Å². The first-order valence-electron chi connectivity index (χ1n) is 8.24. The minimum absolute atomic E-state index is 0.0192. The largest absolute Gasteiger partial charge is 0.399 e. The molecule has 1 unspecified atom stereocenters. The lowest BCUT2D eigenvalue weighted by molar-refractivity contribution is -0.114. The minimum Gasteiger partial charge on any atom is -0.399 e. The van der Waals surface area contributed by atoms with Crippen LogP contribution in [0.4, 0.5) is 17.2 Å². The van der Waals surface area contributed by atoms with Gasteiger partial charge in [0.15, 0.2) is 5.69 Å².